The molecule has 5 heteroatoms. The summed E-state index contributed by atoms with van der Waals surface area (Å²) in [7, 11) is 1.92. The molecular formula is C15H24BrN3O. The second-order valence-electron chi connectivity index (χ2n) is 4.76. The smallest absolute Gasteiger partial charge is 0.239 e. The number of hydrogen-bond acceptors (Lipinski definition) is 3. The average molecular weight is 342 g/mol. The fourth-order valence-corrected chi connectivity index (χ4v) is 2.38. The van der Waals surface area contributed by atoms with Gasteiger partial charge in [0.25, 0.3) is 0 Å². The Balaban J connectivity index is 2.63. The van der Waals surface area contributed by atoms with Gasteiger partial charge in [-0.1, -0.05) is 28.9 Å². The number of nitrogens with zero attached hydrogens (tertiary/aromatic N) is 1. The first kappa shape index (κ1) is 17.0. The fourth-order valence-electron chi connectivity index (χ4n) is 1.88. The number of anilines is 1. The first-order valence-corrected chi connectivity index (χ1v) is 7.84. The average Bonchev–Trinajstić information content (AvgIpc) is 2.41. The van der Waals surface area contributed by atoms with Crippen LogP contribution in [0, 0.1) is 0 Å². The lowest BCUT2D eigenvalue weighted by molar-refractivity contribution is -0.119. The largest absolute Gasteiger partial charge is 0.365 e. The van der Waals surface area contributed by atoms with Gasteiger partial charge in [0.1, 0.15) is 0 Å². The number of carbonyl (C=O) groups excluding carboxylic acids is 1. The molecule has 0 bridgehead atoms. The van der Waals surface area contributed by atoms with E-state index >= 15 is 0 Å². The van der Waals surface area contributed by atoms with Crippen LogP contribution in [0.25, 0.3) is 0 Å². The summed E-state index contributed by atoms with van der Waals surface area (Å²) < 4.78 is 1.07. The van der Waals surface area contributed by atoms with E-state index in [2.05, 4.69) is 45.6 Å². The van der Waals surface area contributed by atoms with Crippen molar-refractivity contribution in [2.75, 3.05) is 31.6 Å². The van der Waals surface area contributed by atoms with Gasteiger partial charge in [-0.25, -0.2) is 0 Å². The monoisotopic (exact) mass is 341 g/mol. The number of likely N-dealkylation sites (N-methyl/N-ethyl adjacent to an activating group) is 2. The Hall–Kier alpha value is -1.07. The molecular weight excluding hydrogens is 318 g/mol. The van der Waals surface area contributed by atoms with Crippen LogP contribution < -0.4 is 15.5 Å². The Morgan fingerprint density at radius 1 is 1.35 bits per heavy atom. The highest BCUT2D eigenvalue weighted by Gasteiger charge is 2.08. The number of hydrogen-bond donors (Lipinski definition) is 2. The van der Waals surface area contributed by atoms with Crippen molar-refractivity contribution < 1.29 is 4.79 Å². The molecule has 0 spiro atoms. The minimum Gasteiger partial charge on any atom is -0.365 e. The van der Waals surface area contributed by atoms with Gasteiger partial charge in [-0.3, -0.25) is 4.79 Å². The minimum atomic E-state index is 0.0415. The van der Waals surface area contributed by atoms with Crippen molar-refractivity contribution in [3.63, 3.8) is 0 Å². The lowest BCUT2D eigenvalue weighted by Gasteiger charge is -2.19. The van der Waals surface area contributed by atoms with Crippen molar-refractivity contribution in [3.05, 3.63) is 28.2 Å². The predicted octanol–water partition coefficient (Wildman–Crippen LogP) is 2.52. The van der Waals surface area contributed by atoms with Crippen LogP contribution in [-0.4, -0.2) is 32.6 Å². The molecule has 1 amide bonds. The van der Waals surface area contributed by atoms with Gasteiger partial charge in [-0.05, 0) is 37.6 Å². The summed E-state index contributed by atoms with van der Waals surface area (Å²) in [6, 6.07) is 6.20. The first-order valence-electron chi connectivity index (χ1n) is 7.05. The van der Waals surface area contributed by atoms with Crippen LogP contribution in [0.4, 0.5) is 5.69 Å². The first-order chi connectivity index (χ1) is 9.58. The second kappa shape index (κ2) is 8.97. The third kappa shape index (κ3) is 5.51. The zero-order valence-corrected chi connectivity index (χ0v) is 14.1. The van der Waals surface area contributed by atoms with Crippen LogP contribution in [0.3, 0.4) is 0 Å². The van der Waals surface area contributed by atoms with Gasteiger partial charge in [0.2, 0.25) is 5.91 Å². The number of carbonyl (C=O) groups is 1. The van der Waals surface area contributed by atoms with Crippen molar-refractivity contribution in [1.82, 2.24) is 10.6 Å². The molecule has 0 radical (unpaired) electrons. The molecule has 1 rings (SSSR count). The zero-order chi connectivity index (χ0) is 15.0. The molecule has 2 N–H and O–H groups in total. The maximum atomic E-state index is 11.6. The summed E-state index contributed by atoms with van der Waals surface area (Å²) in [5.74, 6) is 0.0415. The van der Waals surface area contributed by atoms with Gasteiger partial charge in [-0.2, -0.15) is 0 Å². The summed E-state index contributed by atoms with van der Waals surface area (Å²) in [5.41, 5.74) is 2.26. The fraction of sp³-hybridized carbons (Fsp3) is 0.533. The van der Waals surface area contributed by atoms with E-state index in [9.17, 15) is 4.79 Å². The van der Waals surface area contributed by atoms with E-state index in [1.165, 1.54) is 5.56 Å². The van der Waals surface area contributed by atoms with E-state index in [0.29, 0.717) is 13.1 Å². The lowest BCUT2D eigenvalue weighted by Crippen LogP contribution is -2.34. The molecule has 1 aromatic carbocycles. The maximum absolute atomic E-state index is 11.6. The highest BCUT2D eigenvalue weighted by molar-refractivity contribution is 9.10. The molecule has 0 aliphatic heterocycles. The quantitative estimate of drug-likeness (QED) is 0.714. The van der Waals surface area contributed by atoms with E-state index < -0.39 is 0 Å². The molecule has 0 heterocycles. The van der Waals surface area contributed by atoms with Crippen LogP contribution in [0.5, 0.6) is 0 Å². The van der Waals surface area contributed by atoms with Gasteiger partial charge >= 0.3 is 0 Å². The van der Waals surface area contributed by atoms with Crippen molar-refractivity contribution in [2.45, 2.75) is 26.8 Å². The molecule has 4 nitrogen and oxygen atoms in total. The molecule has 0 fully saturated rings. The van der Waals surface area contributed by atoms with Crippen molar-refractivity contribution >= 4 is 27.5 Å². The Bertz CT molecular complexity index is 437. The molecule has 0 aliphatic rings. The molecule has 0 unspecified atom stereocenters. The highest BCUT2D eigenvalue weighted by atomic mass is 79.9. The topological polar surface area (TPSA) is 44.4 Å². The summed E-state index contributed by atoms with van der Waals surface area (Å²) in [5, 5.41) is 6.19. The Kier molecular flexibility index (Phi) is 7.62. The van der Waals surface area contributed by atoms with E-state index in [-0.39, 0.29) is 5.91 Å². The number of amides is 1. The molecule has 0 atom stereocenters. The van der Waals surface area contributed by atoms with Crippen LogP contribution in [-0.2, 0) is 11.3 Å². The number of rotatable bonds is 8. The van der Waals surface area contributed by atoms with Gasteiger partial charge in [0.05, 0.1) is 6.54 Å². The van der Waals surface area contributed by atoms with E-state index in [1.54, 1.807) is 0 Å². The van der Waals surface area contributed by atoms with Crippen LogP contribution in [0.15, 0.2) is 22.7 Å². The Labute approximate surface area is 130 Å². The van der Waals surface area contributed by atoms with Gasteiger partial charge in [0, 0.05) is 30.3 Å². The summed E-state index contributed by atoms with van der Waals surface area (Å²) in [6.45, 7) is 6.99. The Morgan fingerprint density at radius 2 is 2.10 bits per heavy atom. The number of benzene rings is 1. The van der Waals surface area contributed by atoms with E-state index in [1.807, 2.05) is 24.9 Å². The van der Waals surface area contributed by atoms with Crippen molar-refractivity contribution in [3.8, 4) is 0 Å². The summed E-state index contributed by atoms with van der Waals surface area (Å²) in [4.78, 5) is 13.5. The minimum absolute atomic E-state index is 0.0415. The predicted molar refractivity (Wildman–Crippen MR) is 88.1 cm³/mol. The van der Waals surface area contributed by atoms with Gasteiger partial charge in [0.15, 0.2) is 0 Å². The number of nitrogens with one attached hydrogen (secondary N) is 2. The molecule has 20 heavy (non-hydrogen) atoms. The third-order valence-corrected chi connectivity index (χ3v) is 3.71. The van der Waals surface area contributed by atoms with Gasteiger partial charge in [-0.15, -0.1) is 0 Å². The second-order valence-corrected chi connectivity index (χ2v) is 5.62. The van der Waals surface area contributed by atoms with Crippen LogP contribution in [0.2, 0.25) is 0 Å². The number of halogens is 1. The zero-order valence-electron chi connectivity index (χ0n) is 12.5. The molecule has 0 aromatic heterocycles. The summed E-state index contributed by atoms with van der Waals surface area (Å²) >= 11 is 3.60. The Morgan fingerprint density at radius 3 is 2.70 bits per heavy atom. The molecule has 0 saturated heterocycles. The van der Waals surface area contributed by atoms with Crippen molar-refractivity contribution in [2.24, 2.45) is 0 Å². The third-order valence-electron chi connectivity index (χ3n) is 2.97. The molecule has 0 aliphatic carbocycles. The molecule has 0 saturated carbocycles. The summed E-state index contributed by atoms with van der Waals surface area (Å²) in [6.07, 6.45) is 1.13. The van der Waals surface area contributed by atoms with Crippen molar-refractivity contribution in [1.29, 1.82) is 0 Å². The van der Waals surface area contributed by atoms with E-state index in [4.69, 9.17) is 0 Å². The molecule has 112 valence electrons. The highest BCUT2D eigenvalue weighted by Crippen LogP contribution is 2.23. The standard InChI is InChI=1S/C15H24BrN3O/c1-4-8-17-10-12-6-7-13(9-14(12)16)19(3)11-15(20)18-5-2/h6-7,9,17H,4-5,8,10-11H2,1-3H3,(H,18,20). The van der Waals surface area contributed by atoms with Crippen LogP contribution >= 0.6 is 15.9 Å². The van der Waals surface area contributed by atoms with Gasteiger partial charge < -0.3 is 15.5 Å². The maximum Gasteiger partial charge on any atom is 0.239 e. The molecule has 1 aromatic rings. The van der Waals surface area contributed by atoms with Crippen LogP contribution in [0.1, 0.15) is 25.8 Å². The van der Waals surface area contributed by atoms with E-state index in [0.717, 1.165) is 29.7 Å². The lowest BCUT2D eigenvalue weighted by atomic mass is 10.2. The normalized spacial score (nSPS) is 10.4. The SMILES string of the molecule is CCCNCc1ccc(N(C)CC(=O)NCC)cc1Br.